The van der Waals surface area contributed by atoms with Crippen molar-refractivity contribution in [2.75, 3.05) is 13.7 Å². The van der Waals surface area contributed by atoms with E-state index in [0.29, 0.717) is 37.5 Å². The van der Waals surface area contributed by atoms with Crippen LogP contribution in [0.25, 0.3) is 10.9 Å². The predicted molar refractivity (Wildman–Crippen MR) is 95.5 cm³/mol. The van der Waals surface area contributed by atoms with Crippen molar-refractivity contribution in [3.05, 3.63) is 47.7 Å². The molecule has 0 radical (unpaired) electrons. The number of fused-ring (bicyclic) bond motifs is 1. The monoisotopic (exact) mass is 354 g/mol. The maximum atomic E-state index is 12.9. The van der Waals surface area contributed by atoms with Gasteiger partial charge in [-0.25, -0.2) is 0 Å². The van der Waals surface area contributed by atoms with E-state index in [1.54, 1.807) is 14.0 Å². The van der Waals surface area contributed by atoms with Gasteiger partial charge in [-0.1, -0.05) is 11.2 Å². The van der Waals surface area contributed by atoms with Crippen molar-refractivity contribution in [1.82, 2.24) is 20.0 Å². The second-order valence-electron chi connectivity index (χ2n) is 6.73. The Balaban J connectivity index is 1.46. The Kier molecular flexibility index (Phi) is 4.46. The van der Waals surface area contributed by atoms with Crippen LogP contribution in [0.4, 0.5) is 0 Å². The minimum Gasteiger partial charge on any atom is -0.380 e. The molecule has 7 nitrogen and oxygen atoms in total. The number of aromatic nitrogens is 3. The molecule has 0 spiro atoms. The van der Waals surface area contributed by atoms with Crippen molar-refractivity contribution >= 4 is 16.8 Å². The summed E-state index contributed by atoms with van der Waals surface area (Å²) in [5.41, 5.74) is 2.26. The molecule has 1 aliphatic heterocycles. The summed E-state index contributed by atoms with van der Waals surface area (Å²) in [5, 5.41) is 5.02. The van der Waals surface area contributed by atoms with Gasteiger partial charge in [0.2, 0.25) is 11.8 Å². The third-order valence-corrected chi connectivity index (χ3v) is 4.99. The summed E-state index contributed by atoms with van der Waals surface area (Å²) in [7, 11) is 1.67. The molecule has 0 aliphatic carbocycles. The molecule has 136 valence electrons. The molecule has 0 bridgehead atoms. The topological polar surface area (TPSA) is 84.2 Å². The van der Waals surface area contributed by atoms with Crippen molar-refractivity contribution < 1.29 is 14.1 Å². The number of H-pyrrole nitrogens is 1. The molecule has 1 fully saturated rings. The van der Waals surface area contributed by atoms with Crippen LogP contribution in [0.15, 0.2) is 35.0 Å². The van der Waals surface area contributed by atoms with Crippen LogP contribution in [0.5, 0.6) is 0 Å². The molecule has 26 heavy (non-hydrogen) atoms. The van der Waals surface area contributed by atoms with Crippen LogP contribution >= 0.6 is 0 Å². The first kappa shape index (κ1) is 16.8. The molecular weight excluding hydrogens is 332 g/mol. The van der Waals surface area contributed by atoms with Gasteiger partial charge in [0.15, 0.2) is 5.82 Å². The fraction of sp³-hybridized carbons (Fsp3) is 0.421. The Hall–Kier alpha value is -2.67. The number of carbonyl (C=O) groups is 1. The smallest absolute Gasteiger partial charge is 0.249 e. The summed E-state index contributed by atoms with van der Waals surface area (Å²) in [5.74, 6) is 1.15. The number of aryl methyl sites for hydroxylation is 2. The molecule has 3 heterocycles. The zero-order valence-corrected chi connectivity index (χ0v) is 14.9. The molecule has 1 saturated heterocycles. The number of rotatable bonds is 5. The van der Waals surface area contributed by atoms with Gasteiger partial charge >= 0.3 is 0 Å². The number of nitrogens with zero attached hydrogens (tertiary/aromatic N) is 3. The van der Waals surface area contributed by atoms with Gasteiger partial charge in [0.1, 0.15) is 6.04 Å². The summed E-state index contributed by atoms with van der Waals surface area (Å²) in [4.78, 5) is 22.2. The molecule has 1 aliphatic rings. The van der Waals surface area contributed by atoms with Crippen LogP contribution in [0.3, 0.4) is 0 Å². The number of methoxy groups -OCH3 is 1. The number of hydrogen-bond donors (Lipinski definition) is 1. The van der Waals surface area contributed by atoms with Crippen molar-refractivity contribution in [2.24, 2.45) is 0 Å². The number of carbonyl (C=O) groups excluding carboxylic acids is 1. The van der Waals surface area contributed by atoms with Crippen LogP contribution in [-0.2, 0) is 16.0 Å². The molecule has 1 aromatic carbocycles. The fourth-order valence-corrected chi connectivity index (χ4v) is 3.58. The molecule has 1 N–H and O–H groups in total. The third-order valence-electron chi connectivity index (χ3n) is 4.99. The number of likely N-dealkylation sites (tertiary alicyclic amines) is 1. The van der Waals surface area contributed by atoms with E-state index in [1.807, 2.05) is 17.2 Å². The highest BCUT2D eigenvalue weighted by Crippen LogP contribution is 2.33. The molecule has 2 atom stereocenters. The van der Waals surface area contributed by atoms with Gasteiger partial charge in [-0.2, -0.15) is 4.98 Å². The molecule has 0 unspecified atom stereocenters. The molecule has 2 aromatic heterocycles. The largest absolute Gasteiger partial charge is 0.380 e. The first-order valence-electron chi connectivity index (χ1n) is 8.82. The van der Waals surface area contributed by atoms with Gasteiger partial charge in [0.05, 0.1) is 6.10 Å². The lowest BCUT2D eigenvalue weighted by atomic mass is 10.1. The number of aromatic amines is 1. The highest BCUT2D eigenvalue weighted by atomic mass is 16.5. The highest BCUT2D eigenvalue weighted by Gasteiger charge is 2.39. The van der Waals surface area contributed by atoms with Crippen LogP contribution in [0.2, 0.25) is 0 Å². The Labute approximate surface area is 151 Å². The number of hydrogen-bond acceptors (Lipinski definition) is 5. The second kappa shape index (κ2) is 6.92. The van der Waals surface area contributed by atoms with Crippen LogP contribution < -0.4 is 0 Å². The third kappa shape index (κ3) is 3.22. The van der Waals surface area contributed by atoms with Gasteiger partial charge in [0.25, 0.3) is 0 Å². The highest BCUT2D eigenvalue weighted by molar-refractivity contribution is 5.80. The normalized spacial score (nSPS) is 20.2. The van der Waals surface area contributed by atoms with E-state index in [0.717, 1.165) is 16.5 Å². The zero-order chi connectivity index (χ0) is 18.1. The molecular formula is C19H22N4O3. The first-order valence-corrected chi connectivity index (χ1v) is 8.82. The lowest BCUT2D eigenvalue weighted by Crippen LogP contribution is -2.32. The van der Waals surface area contributed by atoms with E-state index in [4.69, 9.17) is 9.26 Å². The van der Waals surface area contributed by atoms with Gasteiger partial charge in [0, 0.05) is 38.2 Å². The summed E-state index contributed by atoms with van der Waals surface area (Å²) in [6, 6.07) is 8.07. The summed E-state index contributed by atoms with van der Waals surface area (Å²) >= 11 is 0. The van der Waals surface area contributed by atoms with Gasteiger partial charge in [-0.3, -0.25) is 4.79 Å². The summed E-state index contributed by atoms with van der Waals surface area (Å²) < 4.78 is 10.8. The van der Waals surface area contributed by atoms with E-state index in [-0.39, 0.29) is 18.1 Å². The molecule has 4 rings (SSSR count). The van der Waals surface area contributed by atoms with Crippen molar-refractivity contribution in [2.45, 2.75) is 38.3 Å². The minimum absolute atomic E-state index is 0.00707. The maximum absolute atomic E-state index is 12.9. The van der Waals surface area contributed by atoms with Crippen molar-refractivity contribution in [3.8, 4) is 0 Å². The number of amides is 1. The second-order valence-corrected chi connectivity index (χ2v) is 6.73. The van der Waals surface area contributed by atoms with Crippen molar-refractivity contribution in [1.29, 1.82) is 0 Å². The van der Waals surface area contributed by atoms with E-state index in [1.165, 1.54) is 0 Å². The Bertz CT molecular complexity index is 916. The van der Waals surface area contributed by atoms with Gasteiger partial charge < -0.3 is 19.1 Å². The van der Waals surface area contributed by atoms with Crippen LogP contribution in [0.1, 0.15) is 36.2 Å². The Morgan fingerprint density at radius 1 is 1.42 bits per heavy atom. The van der Waals surface area contributed by atoms with E-state index < -0.39 is 0 Å². The van der Waals surface area contributed by atoms with Crippen LogP contribution in [-0.4, -0.2) is 45.7 Å². The Morgan fingerprint density at radius 2 is 2.31 bits per heavy atom. The van der Waals surface area contributed by atoms with Gasteiger partial charge in [-0.05, 0) is 42.5 Å². The SMILES string of the molecule is CO[C@H]1C[C@H](c2nc(C)no2)N(C(=O)CCc2ccc3[nH]ccc3c2)C1. The Morgan fingerprint density at radius 3 is 3.08 bits per heavy atom. The van der Waals surface area contributed by atoms with Crippen molar-refractivity contribution in [3.63, 3.8) is 0 Å². The summed E-state index contributed by atoms with van der Waals surface area (Å²) in [6.07, 6.45) is 3.73. The standard InChI is InChI=1S/C19H22N4O3/c1-12-21-19(26-22-12)17-10-15(25-2)11-23(17)18(24)6-4-13-3-5-16-14(9-13)7-8-20-16/h3,5,7-9,15,17,20H,4,6,10-11H2,1-2H3/t15-,17+/m0/s1. The number of nitrogens with one attached hydrogen (secondary N) is 1. The summed E-state index contributed by atoms with van der Waals surface area (Å²) in [6.45, 7) is 2.33. The quantitative estimate of drug-likeness (QED) is 0.762. The average molecular weight is 354 g/mol. The maximum Gasteiger partial charge on any atom is 0.249 e. The lowest BCUT2D eigenvalue weighted by molar-refractivity contribution is -0.132. The molecule has 3 aromatic rings. The van der Waals surface area contributed by atoms with E-state index in [9.17, 15) is 4.79 Å². The van der Waals surface area contributed by atoms with Crippen LogP contribution in [0, 0.1) is 6.92 Å². The minimum atomic E-state index is -0.208. The fourth-order valence-electron chi connectivity index (χ4n) is 3.58. The van der Waals surface area contributed by atoms with E-state index in [2.05, 4.69) is 33.3 Å². The zero-order valence-electron chi connectivity index (χ0n) is 14.9. The molecule has 0 saturated carbocycles. The average Bonchev–Trinajstić information content (AvgIpc) is 3.37. The number of ether oxygens (including phenoxy) is 1. The van der Waals surface area contributed by atoms with Gasteiger partial charge in [-0.15, -0.1) is 0 Å². The lowest BCUT2D eigenvalue weighted by Gasteiger charge is -2.21. The first-order chi connectivity index (χ1) is 12.6. The van der Waals surface area contributed by atoms with E-state index >= 15 is 0 Å². The number of benzene rings is 1. The molecule has 7 heteroatoms. The molecule has 1 amide bonds. The predicted octanol–water partition coefficient (Wildman–Crippen LogP) is 2.78.